The molecule has 1 aromatic carbocycles. The summed E-state index contributed by atoms with van der Waals surface area (Å²) in [5.74, 6) is 0.696. The number of para-hydroxylation sites is 1. The van der Waals surface area contributed by atoms with Gasteiger partial charge in [-0.3, -0.25) is 9.59 Å². The summed E-state index contributed by atoms with van der Waals surface area (Å²) < 4.78 is 5.83. The fourth-order valence-electron chi connectivity index (χ4n) is 5.89. The molecule has 2 amide bonds. The Morgan fingerprint density at radius 2 is 1.86 bits per heavy atom. The Kier molecular flexibility index (Phi) is 7.55. The first-order valence-electron chi connectivity index (χ1n) is 13.6. The van der Waals surface area contributed by atoms with Gasteiger partial charge in [0.1, 0.15) is 17.4 Å². The topological polar surface area (TPSA) is 100 Å². The van der Waals surface area contributed by atoms with Crippen LogP contribution in [-0.2, 0) is 9.59 Å². The number of hydrogen-bond donors (Lipinski definition) is 2. The number of fused-ring (bicyclic) bond motifs is 1. The van der Waals surface area contributed by atoms with Crippen LogP contribution in [0.25, 0.3) is 22.1 Å². The lowest BCUT2D eigenvalue weighted by Gasteiger charge is -2.35. The summed E-state index contributed by atoms with van der Waals surface area (Å²) in [7, 11) is 1.76. The number of likely N-dealkylation sites (tertiary alicyclic amines) is 1. The minimum absolute atomic E-state index is 0.00493. The van der Waals surface area contributed by atoms with Crippen molar-refractivity contribution in [2.75, 3.05) is 13.6 Å². The zero-order valence-electron chi connectivity index (χ0n) is 22.0. The third kappa shape index (κ3) is 5.12. The predicted molar refractivity (Wildman–Crippen MR) is 143 cm³/mol. The first-order valence-corrected chi connectivity index (χ1v) is 13.6. The molecule has 5 rings (SSSR count). The molecule has 1 aliphatic carbocycles. The van der Waals surface area contributed by atoms with Gasteiger partial charge in [-0.05, 0) is 58.6 Å². The Bertz CT molecular complexity index is 1270. The van der Waals surface area contributed by atoms with Crippen molar-refractivity contribution < 1.29 is 14.0 Å². The van der Waals surface area contributed by atoms with E-state index in [1.54, 1.807) is 13.3 Å². The van der Waals surface area contributed by atoms with Crippen molar-refractivity contribution in [1.29, 1.82) is 0 Å². The van der Waals surface area contributed by atoms with E-state index in [-0.39, 0.29) is 29.8 Å². The molecule has 3 atom stereocenters. The van der Waals surface area contributed by atoms with Gasteiger partial charge in [0.05, 0.1) is 24.0 Å². The van der Waals surface area contributed by atoms with Crippen LogP contribution in [0.2, 0.25) is 0 Å². The van der Waals surface area contributed by atoms with Crippen LogP contribution in [0.3, 0.4) is 0 Å². The monoisotopic (exact) mass is 503 g/mol. The van der Waals surface area contributed by atoms with Gasteiger partial charge in [0.15, 0.2) is 0 Å². The first-order chi connectivity index (χ1) is 18.0. The maximum atomic E-state index is 14.2. The molecule has 2 aliphatic rings. The fourth-order valence-corrected chi connectivity index (χ4v) is 5.89. The SMILES string of the molecule is CNC(C)C(=O)NC(C(=O)N1CCCC1c1nc(C)ncc1-c1coc2ccccc12)C1CCCCC1. The quantitative estimate of drug-likeness (QED) is 0.491. The summed E-state index contributed by atoms with van der Waals surface area (Å²) in [5, 5.41) is 7.12. The van der Waals surface area contributed by atoms with Crippen LogP contribution in [0, 0.1) is 12.8 Å². The standard InChI is InChI=1S/C29H37N5O3/c1-18(30-3)28(35)33-26(20-10-5-4-6-11-20)29(36)34-15-9-13-24(34)27-22(16-31-19(2)32-27)23-17-37-25-14-8-7-12-21(23)25/h7-8,12,14,16-18,20,24,26,30H,4-6,9-11,13,15H2,1-3H3,(H,33,35). The Morgan fingerprint density at radius 3 is 2.65 bits per heavy atom. The second-order valence-electron chi connectivity index (χ2n) is 10.4. The number of amides is 2. The van der Waals surface area contributed by atoms with Gasteiger partial charge >= 0.3 is 0 Å². The van der Waals surface area contributed by atoms with Crippen LogP contribution >= 0.6 is 0 Å². The molecule has 0 spiro atoms. The molecule has 2 N–H and O–H groups in total. The third-order valence-electron chi connectivity index (χ3n) is 8.07. The van der Waals surface area contributed by atoms with E-state index >= 15 is 0 Å². The molecule has 37 heavy (non-hydrogen) atoms. The maximum absolute atomic E-state index is 14.2. The number of aryl methyl sites for hydroxylation is 1. The number of nitrogens with one attached hydrogen (secondary N) is 2. The van der Waals surface area contributed by atoms with E-state index in [2.05, 4.69) is 15.6 Å². The third-order valence-corrected chi connectivity index (χ3v) is 8.07. The Hall–Kier alpha value is -3.26. The van der Waals surface area contributed by atoms with Crippen molar-refractivity contribution in [3.63, 3.8) is 0 Å². The predicted octanol–water partition coefficient (Wildman–Crippen LogP) is 4.53. The second-order valence-corrected chi connectivity index (χ2v) is 10.4. The summed E-state index contributed by atoms with van der Waals surface area (Å²) in [6, 6.07) is 6.86. The van der Waals surface area contributed by atoms with Gasteiger partial charge in [-0.15, -0.1) is 0 Å². The number of carbonyl (C=O) groups excluding carboxylic acids is 2. The van der Waals surface area contributed by atoms with Gasteiger partial charge < -0.3 is 20.0 Å². The summed E-state index contributed by atoms with van der Waals surface area (Å²) >= 11 is 0. The van der Waals surface area contributed by atoms with Crippen molar-refractivity contribution >= 4 is 22.8 Å². The van der Waals surface area contributed by atoms with Gasteiger partial charge in [-0.25, -0.2) is 9.97 Å². The minimum atomic E-state index is -0.523. The molecule has 1 saturated carbocycles. The average molecular weight is 504 g/mol. The number of carbonyl (C=O) groups is 2. The van der Waals surface area contributed by atoms with Gasteiger partial charge in [-0.2, -0.15) is 0 Å². The van der Waals surface area contributed by atoms with E-state index in [1.165, 1.54) is 6.42 Å². The van der Waals surface area contributed by atoms with Crippen LogP contribution in [0.1, 0.15) is 69.4 Å². The van der Waals surface area contributed by atoms with Crippen molar-refractivity contribution in [3.8, 4) is 11.1 Å². The maximum Gasteiger partial charge on any atom is 0.246 e. The van der Waals surface area contributed by atoms with E-state index in [1.807, 2.05) is 49.2 Å². The summed E-state index contributed by atoms with van der Waals surface area (Å²) in [4.78, 5) is 38.4. The van der Waals surface area contributed by atoms with Gasteiger partial charge in [0, 0.05) is 29.3 Å². The lowest BCUT2D eigenvalue weighted by molar-refractivity contribution is -0.139. The highest BCUT2D eigenvalue weighted by Crippen LogP contribution is 2.40. The highest BCUT2D eigenvalue weighted by Gasteiger charge is 2.40. The van der Waals surface area contributed by atoms with Crippen LogP contribution in [-0.4, -0.2) is 52.4 Å². The van der Waals surface area contributed by atoms with Crippen LogP contribution in [0.15, 0.2) is 41.1 Å². The minimum Gasteiger partial charge on any atom is -0.464 e. The number of benzene rings is 1. The van der Waals surface area contributed by atoms with Crippen molar-refractivity contribution in [2.24, 2.45) is 5.92 Å². The number of nitrogens with zero attached hydrogens (tertiary/aromatic N) is 3. The van der Waals surface area contributed by atoms with Crippen LogP contribution < -0.4 is 10.6 Å². The summed E-state index contributed by atoms with van der Waals surface area (Å²) in [5.41, 5.74) is 3.48. The van der Waals surface area contributed by atoms with E-state index < -0.39 is 6.04 Å². The zero-order chi connectivity index (χ0) is 25.9. The van der Waals surface area contributed by atoms with Crippen molar-refractivity contribution in [2.45, 2.75) is 76.9 Å². The van der Waals surface area contributed by atoms with Crippen LogP contribution in [0.5, 0.6) is 0 Å². The molecule has 3 heterocycles. The first kappa shape index (κ1) is 25.4. The molecular weight excluding hydrogens is 466 g/mol. The van der Waals surface area contributed by atoms with Crippen molar-refractivity contribution in [3.05, 3.63) is 48.2 Å². The number of hydrogen-bond acceptors (Lipinski definition) is 6. The second kappa shape index (κ2) is 11.0. The molecular formula is C29H37N5O3. The molecule has 8 nitrogen and oxygen atoms in total. The normalized spacial score (nSPS) is 20.2. The van der Waals surface area contributed by atoms with Gasteiger partial charge in [0.25, 0.3) is 0 Å². The molecule has 196 valence electrons. The summed E-state index contributed by atoms with van der Waals surface area (Å²) in [6.45, 7) is 4.35. The smallest absolute Gasteiger partial charge is 0.246 e. The van der Waals surface area contributed by atoms with E-state index in [0.29, 0.717) is 12.4 Å². The van der Waals surface area contributed by atoms with Gasteiger partial charge in [0.2, 0.25) is 11.8 Å². The van der Waals surface area contributed by atoms with E-state index in [0.717, 1.165) is 66.3 Å². The Labute approximate surface area is 218 Å². The molecule has 1 saturated heterocycles. The number of furan rings is 1. The molecule has 8 heteroatoms. The van der Waals surface area contributed by atoms with Gasteiger partial charge in [-0.1, -0.05) is 37.5 Å². The molecule has 0 radical (unpaired) electrons. The highest BCUT2D eigenvalue weighted by atomic mass is 16.3. The molecule has 3 aromatic rings. The fraction of sp³-hybridized carbons (Fsp3) is 0.517. The Morgan fingerprint density at radius 1 is 1.08 bits per heavy atom. The molecule has 3 unspecified atom stereocenters. The molecule has 2 fully saturated rings. The largest absolute Gasteiger partial charge is 0.464 e. The average Bonchev–Trinajstić information content (AvgIpc) is 3.59. The molecule has 2 aromatic heterocycles. The van der Waals surface area contributed by atoms with E-state index in [9.17, 15) is 9.59 Å². The molecule has 0 bridgehead atoms. The number of rotatable bonds is 7. The number of likely N-dealkylation sites (N-methyl/N-ethyl adjacent to an activating group) is 1. The lowest BCUT2D eigenvalue weighted by Crippen LogP contribution is -2.55. The van der Waals surface area contributed by atoms with E-state index in [4.69, 9.17) is 9.40 Å². The van der Waals surface area contributed by atoms with Crippen LogP contribution in [0.4, 0.5) is 0 Å². The zero-order valence-corrected chi connectivity index (χ0v) is 22.0. The highest BCUT2D eigenvalue weighted by molar-refractivity contribution is 5.95. The lowest BCUT2D eigenvalue weighted by atomic mass is 9.83. The summed E-state index contributed by atoms with van der Waals surface area (Å²) in [6.07, 6.45) is 10.6. The Balaban J connectivity index is 1.50. The number of aromatic nitrogens is 2. The van der Waals surface area contributed by atoms with Crippen molar-refractivity contribution in [1.82, 2.24) is 25.5 Å². The molecule has 1 aliphatic heterocycles.